The minimum atomic E-state index is -1.21. The van der Waals surface area contributed by atoms with Crippen LogP contribution in [0.3, 0.4) is 0 Å². The van der Waals surface area contributed by atoms with Crippen LogP contribution in [0.5, 0.6) is 0 Å². The van der Waals surface area contributed by atoms with Crippen LogP contribution in [0.25, 0.3) is 0 Å². The summed E-state index contributed by atoms with van der Waals surface area (Å²) in [5, 5.41) is 13.6. The van der Waals surface area contributed by atoms with Gasteiger partial charge in [-0.15, -0.1) is 0 Å². The molecule has 0 radical (unpaired) electrons. The molecule has 8 nitrogen and oxygen atoms in total. The van der Waals surface area contributed by atoms with Gasteiger partial charge in [-0.25, -0.2) is 9.78 Å². The van der Waals surface area contributed by atoms with E-state index in [1.54, 1.807) is 6.92 Å². The summed E-state index contributed by atoms with van der Waals surface area (Å²) in [6, 6.07) is -0.0234. The van der Waals surface area contributed by atoms with Crippen molar-refractivity contribution in [3.05, 3.63) is 28.0 Å². The molecular weight excluding hydrogens is 332 g/mol. The van der Waals surface area contributed by atoms with Gasteiger partial charge in [-0.05, 0) is 19.8 Å². The molecule has 9 heteroatoms. The van der Waals surface area contributed by atoms with Crippen LogP contribution in [-0.4, -0.2) is 43.6 Å². The third-order valence-corrected chi connectivity index (χ3v) is 5.07. The molecule has 0 aliphatic heterocycles. The number of carboxylic acid groups (broad SMARTS) is 1. The van der Waals surface area contributed by atoms with Crippen molar-refractivity contribution in [1.82, 2.24) is 14.8 Å². The van der Waals surface area contributed by atoms with Gasteiger partial charge in [0.15, 0.2) is 16.6 Å². The molecule has 0 bridgehead atoms. The number of carboxylic acids is 1. The van der Waals surface area contributed by atoms with Gasteiger partial charge < -0.3 is 5.11 Å². The van der Waals surface area contributed by atoms with Crippen molar-refractivity contribution in [2.24, 2.45) is 7.05 Å². The number of hydrogen-bond acceptors (Lipinski definition) is 6. The van der Waals surface area contributed by atoms with Crippen molar-refractivity contribution in [2.45, 2.75) is 32.7 Å². The predicted molar refractivity (Wildman–Crippen MR) is 86.9 cm³/mol. The monoisotopic (exact) mass is 348 g/mol. The Morgan fingerprint density at radius 3 is 2.54 bits per heavy atom. The summed E-state index contributed by atoms with van der Waals surface area (Å²) in [5.74, 6) is -1.77. The molecule has 0 spiro atoms. The summed E-state index contributed by atoms with van der Waals surface area (Å²) < 4.78 is 1.16. The van der Waals surface area contributed by atoms with Gasteiger partial charge in [-0.1, -0.05) is 11.3 Å². The van der Waals surface area contributed by atoms with Crippen LogP contribution in [0.2, 0.25) is 0 Å². The van der Waals surface area contributed by atoms with Gasteiger partial charge in [0.2, 0.25) is 0 Å². The van der Waals surface area contributed by atoms with Crippen LogP contribution in [0.15, 0.2) is 6.20 Å². The molecule has 2 heterocycles. The molecule has 1 saturated carbocycles. The number of aromatic nitrogens is 3. The van der Waals surface area contributed by atoms with Crippen LogP contribution in [0, 0.1) is 6.92 Å². The zero-order valence-corrected chi connectivity index (χ0v) is 14.3. The molecule has 126 valence electrons. The lowest BCUT2D eigenvalue weighted by molar-refractivity contribution is 0.0679. The summed E-state index contributed by atoms with van der Waals surface area (Å²) in [6.45, 7) is 3.18. The number of Topliss-reactive ketones (excluding diaryl/α,β-unsaturated/α-hetero) is 1. The highest BCUT2D eigenvalue weighted by Gasteiger charge is 2.38. The molecule has 1 fully saturated rings. The summed E-state index contributed by atoms with van der Waals surface area (Å²) in [4.78, 5) is 42.4. The molecule has 2 aromatic heterocycles. The molecular formula is C15H16N4O4S. The maximum Gasteiger partial charge on any atom is 0.354 e. The topological polar surface area (TPSA) is 105 Å². The second kappa shape index (κ2) is 5.82. The molecule has 1 aliphatic rings. The van der Waals surface area contributed by atoms with E-state index in [0.717, 1.165) is 28.9 Å². The molecule has 1 N–H and O–H groups in total. The smallest absolute Gasteiger partial charge is 0.354 e. The number of ketones is 1. The number of rotatable bonds is 5. The molecule has 1 aliphatic carbocycles. The summed E-state index contributed by atoms with van der Waals surface area (Å²) in [5.41, 5.74) is 0.436. The Morgan fingerprint density at radius 2 is 2.04 bits per heavy atom. The molecule has 24 heavy (non-hydrogen) atoms. The van der Waals surface area contributed by atoms with E-state index in [9.17, 15) is 19.5 Å². The van der Waals surface area contributed by atoms with Crippen molar-refractivity contribution < 1.29 is 19.5 Å². The quantitative estimate of drug-likeness (QED) is 0.827. The van der Waals surface area contributed by atoms with E-state index in [2.05, 4.69) is 10.1 Å². The zero-order chi connectivity index (χ0) is 17.6. The Morgan fingerprint density at radius 1 is 1.38 bits per heavy atom. The minimum Gasteiger partial charge on any atom is -0.477 e. The van der Waals surface area contributed by atoms with Gasteiger partial charge in [0, 0.05) is 20.0 Å². The first kappa shape index (κ1) is 16.3. The molecule has 0 aromatic carbocycles. The van der Waals surface area contributed by atoms with Gasteiger partial charge in [-0.2, -0.15) is 5.10 Å². The fourth-order valence-corrected chi connectivity index (χ4v) is 3.56. The van der Waals surface area contributed by atoms with Crippen molar-refractivity contribution in [2.75, 3.05) is 4.90 Å². The molecule has 0 saturated heterocycles. The van der Waals surface area contributed by atoms with Crippen molar-refractivity contribution in [3.63, 3.8) is 0 Å². The molecule has 3 rings (SSSR count). The van der Waals surface area contributed by atoms with E-state index >= 15 is 0 Å². The fourth-order valence-electron chi connectivity index (χ4n) is 2.53. The Labute approximate surface area is 141 Å². The van der Waals surface area contributed by atoms with Crippen LogP contribution < -0.4 is 4.90 Å². The average Bonchev–Trinajstić information content (AvgIpc) is 3.12. The predicted octanol–water partition coefficient (Wildman–Crippen LogP) is 1.90. The highest BCUT2D eigenvalue weighted by Crippen LogP contribution is 2.37. The van der Waals surface area contributed by atoms with Gasteiger partial charge in [-0.3, -0.25) is 19.2 Å². The molecule has 0 unspecified atom stereocenters. The van der Waals surface area contributed by atoms with E-state index in [4.69, 9.17) is 0 Å². The van der Waals surface area contributed by atoms with E-state index < -0.39 is 11.9 Å². The Kier molecular flexibility index (Phi) is 3.96. The van der Waals surface area contributed by atoms with Crippen LogP contribution >= 0.6 is 11.3 Å². The largest absolute Gasteiger partial charge is 0.477 e. The summed E-state index contributed by atoms with van der Waals surface area (Å²) in [7, 11) is 1.48. The fraction of sp³-hybridized carbons (Fsp3) is 0.400. The third-order valence-electron chi connectivity index (χ3n) is 3.81. The number of amides is 1. The highest BCUT2D eigenvalue weighted by molar-refractivity contribution is 7.17. The number of anilines is 1. The Bertz CT molecular complexity index is 850. The lowest BCUT2D eigenvalue weighted by atomic mass is 10.2. The highest BCUT2D eigenvalue weighted by atomic mass is 32.1. The van der Waals surface area contributed by atoms with Crippen molar-refractivity contribution >= 4 is 34.1 Å². The van der Waals surface area contributed by atoms with Gasteiger partial charge >= 0.3 is 5.97 Å². The van der Waals surface area contributed by atoms with Crippen LogP contribution in [0.4, 0.5) is 5.13 Å². The maximum absolute atomic E-state index is 12.9. The van der Waals surface area contributed by atoms with E-state index in [1.807, 2.05) is 0 Å². The number of hydrogen-bond donors (Lipinski definition) is 1. The van der Waals surface area contributed by atoms with Crippen molar-refractivity contribution in [3.8, 4) is 0 Å². The summed E-state index contributed by atoms with van der Waals surface area (Å²) in [6.07, 6.45) is 2.90. The number of aromatic carboxylic acids is 1. The number of thiazole rings is 1. The average molecular weight is 348 g/mol. The number of nitrogens with zero attached hydrogens (tertiary/aromatic N) is 4. The standard InChI is InChI=1S/C15H16N4O4S/c1-7-12(8(2)20)24-15(17-7)19(9-4-5-9)13(21)10-6-16-18(3)11(10)14(22)23/h6,9H,4-5H2,1-3H3,(H,22,23). The van der Waals surface area contributed by atoms with Gasteiger partial charge in [0.25, 0.3) is 5.91 Å². The number of carbonyl (C=O) groups is 3. The second-order valence-corrected chi connectivity index (χ2v) is 6.69. The van der Waals surface area contributed by atoms with E-state index in [-0.39, 0.29) is 23.1 Å². The molecule has 1 amide bonds. The van der Waals surface area contributed by atoms with Crippen LogP contribution in [-0.2, 0) is 7.05 Å². The molecule has 0 atom stereocenters. The molecule has 2 aromatic rings. The first-order valence-corrected chi connectivity index (χ1v) is 8.20. The normalized spacial score (nSPS) is 13.8. The van der Waals surface area contributed by atoms with Crippen molar-refractivity contribution in [1.29, 1.82) is 0 Å². The Hall–Kier alpha value is -2.55. The second-order valence-electron chi connectivity index (χ2n) is 5.71. The van der Waals surface area contributed by atoms with E-state index in [1.165, 1.54) is 25.1 Å². The lowest BCUT2D eigenvalue weighted by Crippen LogP contribution is -2.34. The SMILES string of the molecule is CC(=O)c1sc(N(C(=O)c2cnn(C)c2C(=O)O)C2CC2)nc1C. The first-order valence-electron chi connectivity index (χ1n) is 7.38. The Balaban J connectivity index is 2.04. The van der Waals surface area contributed by atoms with E-state index in [0.29, 0.717) is 15.7 Å². The first-order chi connectivity index (χ1) is 11.3. The maximum atomic E-state index is 12.9. The minimum absolute atomic E-state index is 0.0223. The number of aryl methyl sites for hydroxylation is 2. The lowest BCUT2D eigenvalue weighted by Gasteiger charge is -2.19. The van der Waals surface area contributed by atoms with Gasteiger partial charge in [0.1, 0.15) is 0 Å². The zero-order valence-electron chi connectivity index (χ0n) is 13.4. The van der Waals surface area contributed by atoms with Gasteiger partial charge in [0.05, 0.1) is 22.3 Å². The third kappa shape index (κ3) is 2.71. The van der Waals surface area contributed by atoms with Crippen LogP contribution in [0.1, 0.15) is 56.0 Å². The summed E-state index contributed by atoms with van der Waals surface area (Å²) >= 11 is 1.16. The number of carbonyl (C=O) groups excluding carboxylic acids is 2.